The Bertz CT molecular complexity index is 902. The molecule has 0 spiro atoms. The van der Waals surface area contributed by atoms with Crippen molar-refractivity contribution in [2.45, 2.75) is 11.6 Å². The van der Waals surface area contributed by atoms with Crippen LogP contribution in [0.1, 0.15) is 5.56 Å². The Hall–Kier alpha value is -2.93. The van der Waals surface area contributed by atoms with E-state index in [1.807, 2.05) is 36.4 Å². The van der Waals surface area contributed by atoms with Crippen molar-refractivity contribution in [2.75, 3.05) is 12.9 Å². The van der Waals surface area contributed by atoms with E-state index in [1.165, 1.54) is 23.9 Å². The van der Waals surface area contributed by atoms with Crippen LogP contribution in [0.4, 0.5) is 4.39 Å². The van der Waals surface area contributed by atoms with E-state index in [0.717, 1.165) is 16.9 Å². The predicted molar refractivity (Wildman–Crippen MR) is 103 cm³/mol. The van der Waals surface area contributed by atoms with Gasteiger partial charge in [0.25, 0.3) is 0 Å². The van der Waals surface area contributed by atoms with Gasteiger partial charge in [0.15, 0.2) is 0 Å². The molecule has 0 atom stereocenters. The molecule has 0 aliphatic carbocycles. The Morgan fingerprint density at radius 2 is 1.85 bits per heavy atom. The number of ether oxygens (including phenoxy) is 1. The normalized spacial score (nSPS) is 10.4. The molecule has 1 amide bonds. The average Bonchev–Trinajstić information content (AvgIpc) is 2.72. The van der Waals surface area contributed by atoms with Crippen molar-refractivity contribution in [3.8, 4) is 17.0 Å². The zero-order valence-electron chi connectivity index (χ0n) is 14.7. The number of halogens is 1. The first-order valence-electron chi connectivity index (χ1n) is 8.27. The van der Waals surface area contributed by atoms with Crippen molar-refractivity contribution in [2.24, 2.45) is 0 Å². The molecule has 0 radical (unpaired) electrons. The first-order chi connectivity index (χ1) is 13.2. The molecule has 7 heteroatoms. The lowest BCUT2D eigenvalue weighted by Gasteiger charge is -2.07. The molecule has 1 aromatic heterocycles. The lowest BCUT2D eigenvalue weighted by Crippen LogP contribution is -2.24. The molecule has 138 valence electrons. The number of nitrogens with zero attached hydrogens (tertiary/aromatic N) is 2. The van der Waals surface area contributed by atoms with Crippen molar-refractivity contribution >= 4 is 17.7 Å². The SMILES string of the molecule is COc1ccccc1-c1ccc(SCC(=O)NCc2ccc(F)cc2)nn1. The molecule has 3 rings (SSSR count). The molecule has 0 aliphatic rings. The van der Waals surface area contributed by atoms with Crippen molar-refractivity contribution < 1.29 is 13.9 Å². The molecule has 27 heavy (non-hydrogen) atoms. The minimum Gasteiger partial charge on any atom is -0.496 e. The van der Waals surface area contributed by atoms with Crippen LogP contribution in [0.5, 0.6) is 5.75 Å². The highest BCUT2D eigenvalue weighted by atomic mass is 32.2. The number of thioether (sulfide) groups is 1. The van der Waals surface area contributed by atoms with Crippen LogP contribution >= 0.6 is 11.8 Å². The molecule has 2 aromatic carbocycles. The predicted octanol–water partition coefficient (Wildman–Crippen LogP) is 3.70. The van der Waals surface area contributed by atoms with Crippen molar-refractivity contribution in [3.05, 3.63) is 72.0 Å². The average molecular weight is 383 g/mol. The first kappa shape index (κ1) is 18.8. The number of para-hydroxylation sites is 1. The van der Waals surface area contributed by atoms with Crippen LogP contribution in [0.15, 0.2) is 65.7 Å². The fraction of sp³-hybridized carbons (Fsp3) is 0.150. The highest BCUT2D eigenvalue weighted by molar-refractivity contribution is 7.99. The number of benzene rings is 2. The van der Waals surface area contributed by atoms with E-state index in [-0.39, 0.29) is 17.5 Å². The number of amides is 1. The zero-order valence-corrected chi connectivity index (χ0v) is 15.5. The first-order valence-corrected chi connectivity index (χ1v) is 9.25. The second-order valence-electron chi connectivity index (χ2n) is 5.65. The molecular formula is C20H18FN3O2S. The smallest absolute Gasteiger partial charge is 0.230 e. The summed E-state index contributed by atoms with van der Waals surface area (Å²) in [6, 6.07) is 17.3. The molecule has 5 nitrogen and oxygen atoms in total. The van der Waals surface area contributed by atoms with Gasteiger partial charge in [0.2, 0.25) is 5.91 Å². The summed E-state index contributed by atoms with van der Waals surface area (Å²) < 4.78 is 18.2. The molecule has 0 unspecified atom stereocenters. The summed E-state index contributed by atoms with van der Waals surface area (Å²) in [5.74, 6) is 0.534. The van der Waals surface area contributed by atoms with Gasteiger partial charge in [0, 0.05) is 12.1 Å². The summed E-state index contributed by atoms with van der Waals surface area (Å²) >= 11 is 1.30. The summed E-state index contributed by atoms with van der Waals surface area (Å²) in [4.78, 5) is 12.0. The van der Waals surface area contributed by atoms with Crippen LogP contribution < -0.4 is 10.1 Å². The summed E-state index contributed by atoms with van der Waals surface area (Å²) in [5, 5.41) is 11.8. The van der Waals surface area contributed by atoms with E-state index in [9.17, 15) is 9.18 Å². The molecule has 0 saturated carbocycles. The fourth-order valence-corrected chi connectivity index (χ4v) is 3.03. The minimum absolute atomic E-state index is 0.125. The molecule has 0 saturated heterocycles. The minimum atomic E-state index is -0.296. The summed E-state index contributed by atoms with van der Waals surface area (Å²) in [6.45, 7) is 0.359. The molecule has 0 fully saturated rings. The maximum atomic E-state index is 12.9. The largest absolute Gasteiger partial charge is 0.496 e. The van der Waals surface area contributed by atoms with Gasteiger partial charge in [-0.15, -0.1) is 10.2 Å². The van der Waals surface area contributed by atoms with Crippen LogP contribution in [0.25, 0.3) is 11.3 Å². The van der Waals surface area contributed by atoms with Crippen LogP contribution in [-0.4, -0.2) is 29.0 Å². The van der Waals surface area contributed by atoms with Crippen molar-refractivity contribution in [1.82, 2.24) is 15.5 Å². The lowest BCUT2D eigenvalue weighted by molar-refractivity contribution is -0.118. The van der Waals surface area contributed by atoms with Crippen molar-refractivity contribution in [3.63, 3.8) is 0 Å². The maximum absolute atomic E-state index is 12.9. The number of carbonyl (C=O) groups excluding carboxylic acids is 1. The van der Waals surface area contributed by atoms with E-state index in [4.69, 9.17) is 4.74 Å². The maximum Gasteiger partial charge on any atom is 0.230 e. The molecular weight excluding hydrogens is 365 g/mol. The van der Waals surface area contributed by atoms with Gasteiger partial charge < -0.3 is 10.1 Å². The van der Waals surface area contributed by atoms with E-state index in [0.29, 0.717) is 17.3 Å². The molecule has 0 bridgehead atoms. The standard InChI is InChI=1S/C20H18FN3O2S/c1-26-18-5-3-2-4-16(18)17-10-11-20(24-23-17)27-13-19(25)22-12-14-6-8-15(21)9-7-14/h2-11H,12-13H2,1H3,(H,22,25). The molecule has 1 N–H and O–H groups in total. The third-order valence-corrected chi connectivity index (χ3v) is 4.70. The van der Waals surface area contributed by atoms with E-state index in [1.54, 1.807) is 19.2 Å². The Labute approximate surface area is 161 Å². The topological polar surface area (TPSA) is 64.1 Å². The lowest BCUT2D eigenvalue weighted by atomic mass is 10.1. The number of methoxy groups -OCH3 is 1. The van der Waals surface area contributed by atoms with Crippen molar-refractivity contribution in [1.29, 1.82) is 0 Å². The molecule has 3 aromatic rings. The molecule has 0 aliphatic heterocycles. The van der Waals surface area contributed by atoms with E-state index >= 15 is 0 Å². The van der Waals surface area contributed by atoms with Gasteiger partial charge >= 0.3 is 0 Å². The van der Waals surface area contributed by atoms with Gasteiger partial charge in [-0.3, -0.25) is 4.79 Å². The molecule has 1 heterocycles. The summed E-state index contributed by atoms with van der Waals surface area (Å²) in [7, 11) is 1.61. The van der Waals surface area contributed by atoms with Gasteiger partial charge in [0.1, 0.15) is 16.6 Å². The number of hydrogen-bond donors (Lipinski definition) is 1. The number of hydrogen-bond acceptors (Lipinski definition) is 5. The highest BCUT2D eigenvalue weighted by Gasteiger charge is 2.08. The quantitative estimate of drug-likeness (QED) is 0.630. The number of carbonyl (C=O) groups is 1. The third-order valence-electron chi connectivity index (χ3n) is 3.78. The second-order valence-corrected chi connectivity index (χ2v) is 6.64. The van der Waals surface area contributed by atoms with Gasteiger partial charge in [-0.25, -0.2) is 4.39 Å². The second kappa shape index (κ2) is 9.14. The van der Waals surface area contributed by atoms with E-state index in [2.05, 4.69) is 15.5 Å². The summed E-state index contributed by atoms with van der Waals surface area (Å²) in [6.07, 6.45) is 0. The van der Waals surface area contributed by atoms with E-state index < -0.39 is 0 Å². The van der Waals surface area contributed by atoms with Crippen LogP contribution in [-0.2, 0) is 11.3 Å². The Morgan fingerprint density at radius 1 is 1.07 bits per heavy atom. The van der Waals surface area contributed by atoms with Gasteiger partial charge in [-0.05, 0) is 42.0 Å². The zero-order chi connectivity index (χ0) is 19.1. The highest BCUT2D eigenvalue weighted by Crippen LogP contribution is 2.28. The van der Waals surface area contributed by atoms with Gasteiger partial charge in [0.05, 0.1) is 18.6 Å². The van der Waals surface area contributed by atoms with Gasteiger partial charge in [-0.1, -0.05) is 36.0 Å². The number of nitrogens with one attached hydrogen (secondary N) is 1. The van der Waals surface area contributed by atoms with Crippen LogP contribution in [0.2, 0.25) is 0 Å². The Morgan fingerprint density at radius 3 is 2.56 bits per heavy atom. The monoisotopic (exact) mass is 383 g/mol. The summed E-state index contributed by atoms with van der Waals surface area (Å²) in [5.41, 5.74) is 2.41. The third kappa shape index (κ3) is 5.27. The fourth-order valence-electron chi connectivity index (χ4n) is 2.39. The Kier molecular flexibility index (Phi) is 6.38. The number of rotatable bonds is 7. The van der Waals surface area contributed by atoms with Crippen LogP contribution in [0.3, 0.4) is 0 Å². The number of aromatic nitrogens is 2. The van der Waals surface area contributed by atoms with Gasteiger partial charge in [-0.2, -0.15) is 0 Å². The Balaban J connectivity index is 1.52. The van der Waals surface area contributed by atoms with Crippen LogP contribution in [0, 0.1) is 5.82 Å².